The van der Waals surface area contributed by atoms with Crippen molar-refractivity contribution in [1.82, 2.24) is 4.31 Å². The summed E-state index contributed by atoms with van der Waals surface area (Å²) in [6.07, 6.45) is 3.45. The summed E-state index contributed by atoms with van der Waals surface area (Å²) >= 11 is 4.42. The summed E-state index contributed by atoms with van der Waals surface area (Å²) in [5.74, 6) is 0. The van der Waals surface area contributed by atoms with E-state index in [-0.39, 0.29) is 0 Å². The Hall–Kier alpha value is 0.230. The summed E-state index contributed by atoms with van der Waals surface area (Å²) in [6.45, 7) is 3.79. The van der Waals surface area contributed by atoms with Crippen LogP contribution >= 0.6 is 12.8 Å². The first-order valence-corrected chi connectivity index (χ1v) is 5.37. The molecule has 0 radical (unpaired) electrons. The van der Waals surface area contributed by atoms with Crippen molar-refractivity contribution in [2.75, 3.05) is 26.3 Å². The Morgan fingerprint density at radius 1 is 1.38 bits per heavy atom. The molecule has 1 atom stereocenters. The van der Waals surface area contributed by atoms with Gasteiger partial charge in [-0.05, 0) is 24.7 Å². The van der Waals surface area contributed by atoms with E-state index >= 15 is 0 Å². The molecule has 2 heterocycles. The molecule has 1 spiro atoms. The average molecular weight is 202 g/mol. The topological polar surface area (TPSA) is 38.5 Å². The lowest BCUT2D eigenvalue weighted by Crippen LogP contribution is -2.51. The highest BCUT2D eigenvalue weighted by molar-refractivity contribution is 7.77. The second-order valence-electron chi connectivity index (χ2n) is 4.42. The Kier molecular flexibility index (Phi) is 2.83. The van der Waals surface area contributed by atoms with Gasteiger partial charge in [-0.2, -0.15) is 0 Å². The Labute approximate surface area is 85.2 Å². The Morgan fingerprint density at radius 2 is 2.08 bits per heavy atom. The fourth-order valence-electron chi connectivity index (χ4n) is 2.57. The van der Waals surface area contributed by atoms with E-state index in [2.05, 4.69) is 17.1 Å². The second-order valence-corrected chi connectivity index (χ2v) is 4.99. The second kappa shape index (κ2) is 3.77. The minimum Gasteiger partial charge on any atom is -0.381 e. The number of nitrogens with zero attached hydrogens (tertiary/aromatic N) is 1. The van der Waals surface area contributed by atoms with E-state index in [1.165, 1.54) is 0 Å². The van der Waals surface area contributed by atoms with Gasteiger partial charge in [0.2, 0.25) is 0 Å². The van der Waals surface area contributed by atoms with Gasteiger partial charge >= 0.3 is 0 Å². The van der Waals surface area contributed by atoms with Crippen molar-refractivity contribution in [2.45, 2.75) is 25.3 Å². The smallest absolute Gasteiger partial charge is 0.0471 e. The predicted octanol–water partition coefficient (Wildman–Crippen LogP) is 0.661. The zero-order valence-corrected chi connectivity index (χ0v) is 8.80. The molecule has 2 aliphatic rings. The molecule has 0 aromatic heterocycles. The van der Waals surface area contributed by atoms with Gasteiger partial charge in [-0.3, -0.25) is 4.31 Å². The van der Waals surface area contributed by atoms with Crippen molar-refractivity contribution >= 4 is 12.8 Å². The van der Waals surface area contributed by atoms with E-state index in [4.69, 9.17) is 10.5 Å². The first-order chi connectivity index (χ1) is 6.20. The van der Waals surface area contributed by atoms with Crippen LogP contribution in [0.5, 0.6) is 0 Å². The molecule has 2 N–H and O–H groups in total. The standard InChI is InChI=1S/C9H18N2OS/c10-8-5-9(7-11(13)6-8)1-3-12-4-2-9/h8,13H,1-7,10H2. The number of hydrogen-bond acceptors (Lipinski definition) is 4. The minimum atomic E-state index is 0.296. The van der Waals surface area contributed by atoms with Crippen molar-refractivity contribution in [1.29, 1.82) is 0 Å². The minimum absolute atomic E-state index is 0.296. The van der Waals surface area contributed by atoms with Crippen molar-refractivity contribution < 1.29 is 4.74 Å². The summed E-state index contributed by atoms with van der Waals surface area (Å²) in [4.78, 5) is 0. The molecule has 2 aliphatic heterocycles. The van der Waals surface area contributed by atoms with E-state index in [9.17, 15) is 0 Å². The van der Waals surface area contributed by atoms with E-state index in [1.54, 1.807) is 0 Å². The van der Waals surface area contributed by atoms with Gasteiger partial charge in [0.15, 0.2) is 0 Å². The lowest BCUT2D eigenvalue weighted by atomic mass is 9.73. The van der Waals surface area contributed by atoms with Crippen LogP contribution in [0, 0.1) is 5.41 Å². The molecule has 0 bridgehead atoms. The highest BCUT2D eigenvalue weighted by atomic mass is 32.1. The van der Waals surface area contributed by atoms with Crippen LogP contribution in [-0.2, 0) is 4.74 Å². The lowest BCUT2D eigenvalue weighted by molar-refractivity contribution is -0.0141. The summed E-state index contributed by atoms with van der Waals surface area (Å²) in [5, 5.41) is 0. The molecule has 0 aromatic carbocycles. The Balaban J connectivity index is 2.02. The third kappa shape index (κ3) is 2.18. The molecule has 0 aliphatic carbocycles. The van der Waals surface area contributed by atoms with Gasteiger partial charge in [-0.25, -0.2) is 0 Å². The average Bonchev–Trinajstić information content (AvgIpc) is 2.02. The molecule has 0 amide bonds. The molecular weight excluding hydrogens is 184 g/mol. The van der Waals surface area contributed by atoms with Crippen LogP contribution in [0.15, 0.2) is 0 Å². The SMILES string of the molecule is NC1CN(S)CC2(CCOCC2)C1. The highest BCUT2D eigenvalue weighted by Crippen LogP contribution is 2.39. The molecule has 76 valence electrons. The first kappa shape index (κ1) is 9.77. The van der Waals surface area contributed by atoms with Crippen molar-refractivity contribution in [2.24, 2.45) is 11.1 Å². The van der Waals surface area contributed by atoms with Crippen LogP contribution in [0.2, 0.25) is 0 Å². The third-order valence-electron chi connectivity index (χ3n) is 3.21. The maximum Gasteiger partial charge on any atom is 0.0471 e. The molecule has 13 heavy (non-hydrogen) atoms. The number of rotatable bonds is 0. The van der Waals surface area contributed by atoms with Crippen molar-refractivity contribution in [3.8, 4) is 0 Å². The van der Waals surface area contributed by atoms with Crippen LogP contribution in [0.4, 0.5) is 0 Å². The van der Waals surface area contributed by atoms with Gasteiger partial charge in [0.05, 0.1) is 0 Å². The Morgan fingerprint density at radius 3 is 2.69 bits per heavy atom. The van der Waals surface area contributed by atoms with Gasteiger partial charge in [0.1, 0.15) is 0 Å². The number of hydrogen-bond donors (Lipinski definition) is 2. The third-order valence-corrected chi connectivity index (χ3v) is 3.52. The summed E-state index contributed by atoms with van der Waals surface area (Å²) < 4.78 is 7.45. The molecule has 0 saturated carbocycles. The van der Waals surface area contributed by atoms with E-state index in [0.717, 1.165) is 45.6 Å². The van der Waals surface area contributed by atoms with E-state index in [1.807, 2.05) is 0 Å². The molecule has 2 saturated heterocycles. The van der Waals surface area contributed by atoms with Gasteiger partial charge in [-0.1, -0.05) is 12.8 Å². The molecule has 2 rings (SSSR count). The summed E-state index contributed by atoms with van der Waals surface area (Å²) in [7, 11) is 0. The normalized spacial score (nSPS) is 35.1. The molecule has 1 unspecified atom stereocenters. The Bertz CT molecular complexity index is 170. The van der Waals surface area contributed by atoms with Crippen molar-refractivity contribution in [3.05, 3.63) is 0 Å². The number of piperidine rings is 1. The lowest BCUT2D eigenvalue weighted by Gasteiger charge is -2.45. The quantitative estimate of drug-likeness (QED) is 0.567. The van der Waals surface area contributed by atoms with Crippen LogP contribution in [0.3, 0.4) is 0 Å². The molecular formula is C9H18N2OS. The number of nitrogens with two attached hydrogens (primary N) is 1. The van der Waals surface area contributed by atoms with Crippen LogP contribution < -0.4 is 5.73 Å². The van der Waals surface area contributed by atoms with E-state index in [0.29, 0.717) is 11.5 Å². The number of thiol groups is 1. The van der Waals surface area contributed by atoms with Crippen molar-refractivity contribution in [3.63, 3.8) is 0 Å². The summed E-state index contributed by atoms with van der Waals surface area (Å²) in [6, 6.07) is 0.296. The highest BCUT2D eigenvalue weighted by Gasteiger charge is 2.38. The first-order valence-electron chi connectivity index (χ1n) is 4.97. The van der Waals surface area contributed by atoms with Crippen LogP contribution in [0.25, 0.3) is 0 Å². The zero-order valence-electron chi connectivity index (χ0n) is 7.91. The van der Waals surface area contributed by atoms with E-state index < -0.39 is 0 Å². The number of ether oxygens (including phenoxy) is 1. The molecule has 3 nitrogen and oxygen atoms in total. The fourth-order valence-corrected chi connectivity index (χ4v) is 3.08. The van der Waals surface area contributed by atoms with Crippen LogP contribution in [-0.4, -0.2) is 36.7 Å². The largest absolute Gasteiger partial charge is 0.381 e. The van der Waals surface area contributed by atoms with Gasteiger partial charge in [0.25, 0.3) is 0 Å². The predicted molar refractivity (Wildman–Crippen MR) is 55.6 cm³/mol. The maximum absolute atomic E-state index is 6.00. The zero-order chi connectivity index (χ0) is 9.31. The fraction of sp³-hybridized carbons (Fsp3) is 1.00. The summed E-state index contributed by atoms with van der Waals surface area (Å²) in [5.41, 5.74) is 6.40. The molecule has 4 heteroatoms. The monoisotopic (exact) mass is 202 g/mol. The van der Waals surface area contributed by atoms with Gasteiger partial charge in [-0.15, -0.1) is 0 Å². The molecule has 0 aromatic rings. The van der Waals surface area contributed by atoms with Gasteiger partial charge in [0, 0.05) is 32.3 Å². The molecule has 2 fully saturated rings. The van der Waals surface area contributed by atoms with Gasteiger partial charge < -0.3 is 10.5 Å². The maximum atomic E-state index is 6.00. The van der Waals surface area contributed by atoms with Crippen LogP contribution in [0.1, 0.15) is 19.3 Å².